The van der Waals surface area contributed by atoms with Crippen LogP contribution < -0.4 is 4.90 Å². The maximum atomic E-state index is 9.00. The van der Waals surface area contributed by atoms with Crippen LogP contribution in [-0.2, 0) is 6.42 Å². The van der Waals surface area contributed by atoms with Crippen LogP contribution in [-0.4, -0.2) is 29.8 Å². The molecule has 0 aromatic carbocycles. The first-order valence-electron chi connectivity index (χ1n) is 5.71. The van der Waals surface area contributed by atoms with Gasteiger partial charge in [-0.05, 0) is 37.3 Å². The summed E-state index contributed by atoms with van der Waals surface area (Å²) in [6.45, 7) is 2.41. The molecule has 1 aromatic rings. The van der Waals surface area contributed by atoms with Crippen molar-refractivity contribution in [3.8, 4) is 0 Å². The molecule has 0 atom stereocenters. The molecular formula is C12H18N2O. The lowest BCUT2D eigenvalue weighted by Crippen LogP contribution is -2.31. The molecule has 0 amide bonds. The Morgan fingerprint density at radius 2 is 2.07 bits per heavy atom. The molecule has 0 radical (unpaired) electrons. The fourth-order valence-corrected chi connectivity index (χ4v) is 2.14. The van der Waals surface area contributed by atoms with Crippen LogP contribution in [0.15, 0.2) is 18.3 Å². The molecule has 2 rings (SSSR count). The zero-order valence-corrected chi connectivity index (χ0v) is 9.02. The van der Waals surface area contributed by atoms with E-state index in [0.717, 1.165) is 18.9 Å². The molecule has 82 valence electrons. The third-order valence-corrected chi connectivity index (χ3v) is 2.90. The average Bonchev–Trinajstić information content (AvgIpc) is 2.31. The number of aromatic nitrogens is 1. The summed E-state index contributed by atoms with van der Waals surface area (Å²) in [5.74, 6) is 1.08. The predicted molar refractivity (Wildman–Crippen MR) is 61.1 cm³/mol. The third kappa shape index (κ3) is 2.48. The second kappa shape index (κ2) is 5.12. The minimum Gasteiger partial charge on any atom is -0.396 e. The summed E-state index contributed by atoms with van der Waals surface area (Å²) in [4.78, 5) is 6.78. The van der Waals surface area contributed by atoms with Gasteiger partial charge in [0.1, 0.15) is 5.82 Å². The van der Waals surface area contributed by atoms with Crippen molar-refractivity contribution in [2.75, 3.05) is 24.6 Å². The quantitative estimate of drug-likeness (QED) is 0.816. The normalized spacial score (nSPS) is 16.7. The number of pyridine rings is 1. The Bertz CT molecular complexity index is 308. The molecule has 2 heterocycles. The first-order valence-corrected chi connectivity index (χ1v) is 5.71. The van der Waals surface area contributed by atoms with E-state index in [-0.39, 0.29) is 6.61 Å². The number of anilines is 1. The highest BCUT2D eigenvalue weighted by Crippen LogP contribution is 2.21. The van der Waals surface area contributed by atoms with E-state index in [1.165, 1.54) is 24.8 Å². The number of nitrogens with zero attached hydrogens (tertiary/aromatic N) is 2. The van der Waals surface area contributed by atoms with Gasteiger partial charge in [0.2, 0.25) is 0 Å². The molecule has 1 aliphatic heterocycles. The molecule has 0 unspecified atom stereocenters. The molecule has 1 N–H and O–H groups in total. The molecule has 0 spiro atoms. The number of rotatable bonds is 3. The first kappa shape index (κ1) is 10.4. The highest BCUT2D eigenvalue weighted by Gasteiger charge is 2.14. The minimum absolute atomic E-state index is 0.201. The fraction of sp³-hybridized carbons (Fsp3) is 0.583. The van der Waals surface area contributed by atoms with Gasteiger partial charge in [-0.1, -0.05) is 6.07 Å². The number of hydrogen-bond acceptors (Lipinski definition) is 3. The molecule has 15 heavy (non-hydrogen) atoms. The number of aliphatic hydroxyl groups excluding tert-OH is 1. The van der Waals surface area contributed by atoms with E-state index >= 15 is 0 Å². The van der Waals surface area contributed by atoms with Gasteiger partial charge in [-0.15, -0.1) is 0 Å². The second-order valence-electron chi connectivity index (χ2n) is 4.01. The lowest BCUT2D eigenvalue weighted by atomic mass is 10.1. The standard InChI is InChI=1S/C12H18N2O/c15-10-6-11-5-4-7-13-12(11)14-8-2-1-3-9-14/h4-5,7,15H,1-3,6,8-10H2. The van der Waals surface area contributed by atoms with Gasteiger partial charge in [0.05, 0.1) is 0 Å². The van der Waals surface area contributed by atoms with Crippen LogP contribution in [0.3, 0.4) is 0 Å². The summed E-state index contributed by atoms with van der Waals surface area (Å²) in [7, 11) is 0. The second-order valence-corrected chi connectivity index (χ2v) is 4.01. The van der Waals surface area contributed by atoms with Crippen molar-refractivity contribution in [1.29, 1.82) is 0 Å². The average molecular weight is 206 g/mol. The van der Waals surface area contributed by atoms with E-state index in [9.17, 15) is 0 Å². The monoisotopic (exact) mass is 206 g/mol. The Labute approximate surface area is 90.8 Å². The van der Waals surface area contributed by atoms with Gasteiger partial charge in [0.15, 0.2) is 0 Å². The summed E-state index contributed by atoms with van der Waals surface area (Å²) in [5, 5.41) is 9.00. The maximum Gasteiger partial charge on any atom is 0.131 e. The lowest BCUT2D eigenvalue weighted by Gasteiger charge is -2.29. The number of hydrogen-bond donors (Lipinski definition) is 1. The van der Waals surface area contributed by atoms with E-state index in [4.69, 9.17) is 5.11 Å². The Hall–Kier alpha value is -1.09. The molecule has 1 aliphatic rings. The summed E-state index contributed by atoms with van der Waals surface area (Å²) in [5.41, 5.74) is 1.17. The number of piperidine rings is 1. The van der Waals surface area contributed by atoms with Crippen molar-refractivity contribution >= 4 is 5.82 Å². The van der Waals surface area contributed by atoms with E-state index in [2.05, 4.69) is 16.0 Å². The van der Waals surface area contributed by atoms with Crippen molar-refractivity contribution in [1.82, 2.24) is 4.98 Å². The Morgan fingerprint density at radius 3 is 2.80 bits per heavy atom. The fourth-order valence-electron chi connectivity index (χ4n) is 2.14. The zero-order valence-electron chi connectivity index (χ0n) is 9.02. The van der Waals surface area contributed by atoms with Crippen LogP contribution in [0.4, 0.5) is 5.82 Å². The molecule has 1 fully saturated rings. The third-order valence-electron chi connectivity index (χ3n) is 2.90. The van der Waals surface area contributed by atoms with E-state index in [0.29, 0.717) is 6.42 Å². The van der Waals surface area contributed by atoms with Gasteiger partial charge in [-0.3, -0.25) is 0 Å². The van der Waals surface area contributed by atoms with Crippen LogP contribution in [0.25, 0.3) is 0 Å². The smallest absolute Gasteiger partial charge is 0.131 e. The SMILES string of the molecule is OCCc1cccnc1N1CCCCC1. The van der Waals surface area contributed by atoms with Crippen LogP contribution in [0, 0.1) is 0 Å². The van der Waals surface area contributed by atoms with E-state index < -0.39 is 0 Å². The summed E-state index contributed by atoms with van der Waals surface area (Å²) in [6.07, 6.45) is 6.40. The molecule has 0 aliphatic carbocycles. The summed E-state index contributed by atoms with van der Waals surface area (Å²) < 4.78 is 0. The largest absolute Gasteiger partial charge is 0.396 e. The van der Waals surface area contributed by atoms with Crippen molar-refractivity contribution in [3.63, 3.8) is 0 Å². The van der Waals surface area contributed by atoms with Gasteiger partial charge in [-0.2, -0.15) is 0 Å². The lowest BCUT2D eigenvalue weighted by molar-refractivity contribution is 0.299. The molecule has 0 bridgehead atoms. The number of aliphatic hydroxyl groups is 1. The van der Waals surface area contributed by atoms with Gasteiger partial charge in [0.25, 0.3) is 0 Å². The topological polar surface area (TPSA) is 36.4 Å². The van der Waals surface area contributed by atoms with Crippen LogP contribution >= 0.6 is 0 Å². The maximum absolute atomic E-state index is 9.00. The Balaban J connectivity index is 2.17. The van der Waals surface area contributed by atoms with Crippen molar-refractivity contribution in [2.45, 2.75) is 25.7 Å². The van der Waals surface area contributed by atoms with Crippen molar-refractivity contribution in [3.05, 3.63) is 23.9 Å². The molecular weight excluding hydrogens is 188 g/mol. The van der Waals surface area contributed by atoms with Crippen LogP contribution in [0.2, 0.25) is 0 Å². The van der Waals surface area contributed by atoms with Gasteiger partial charge in [0, 0.05) is 25.9 Å². The predicted octanol–water partition coefficient (Wildman–Crippen LogP) is 1.61. The Kier molecular flexibility index (Phi) is 3.56. The molecule has 3 nitrogen and oxygen atoms in total. The molecule has 1 saturated heterocycles. The van der Waals surface area contributed by atoms with Gasteiger partial charge >= 0.3 is 0 Å². The highest BCUT2D eigenvalue weighted by molar-refractivity contribution is 5.47. The first-order chi connectivity index (χ1) is 7.42. The summed E-state index contributed by atoms with van der Waals surface area (Å²) in [6, 6.07) is 4.01. The van der Waals surface area contributed by atoms with Crippen LogP contribution in [0.1, 0.15) is 24.8 Å². The molecule has 0 saturated carbocycles. The van der Waals surface area contributed by atoms with Crippen LogP contribution in [0.5, 0.6) is 0 Å². The Morgan fingerprint density at radius 1 is 1.27 bits per heavy atom. The molecule has 1 aromatic heterocycles. The minimum atomic E-state index is 0.201. The van der Waals surface area contributed by atoms with E-state index in [1.54, 1.807) is 0 Å². The highest BCUT2D eigenvalue weighted by atomic mass is 16.2. The van der Waals surface area contributed by atoms with Crippen molar-refractivity contribution in [2.24, 2.45) is 0 Å². The van der Waals surface area contributed by atoms with E-state index in [1.807, 2.05) is 12.3 Å². The molecule has 3 heteroatoms. The van der Waals surface area contributed by atoms with Crippen molar-refractivity contribution < 1.29 is 5.11 Å². The van der Waals surface area contributed by atoms with Gasteiger partial charge in [-0.25, -0.2) is 4.98 Å². The zero-order chi connectivity index (χ0) is 10.5. The van der Waals surface area contributed by atoms with Gasteiger partial charge < -0.3 is 10.0 Å². The summed E-state index contributed by atoms with van der Waals surface area (Å²) >= 11 is 0.